The zero-order chi connectivity index (χ0) is 13.9. The molecule has 4 heteroatoms. The third-order valence-corrected chi connectivity index (χ3v) is 3.53. The zero-order valence-corrected chi connectivity index (χ0v) is 11.8. The summed E-state index contributed by atoms with van der Waals surface area (Å²) >= 11 is 0. The molecule has 1 saturated heterocycles. The topological polar surface area (TPSA) is 38.8 Å². The van der Waals surface area contributed by atoms with Crippen molar-refractivity contribution in [3.8, 4) is 11.5 Å². The summed E-state index contributed by atoms with van der Waals surface area (Å²) in [5, 5.41) is 0. The van der Waals surface area contributed by atoms with Crippen LogP contribution in [0.5, 0.6) is 11.5 Å². The van der Waals surface area contributed by atoms with Gasteiger partial charge in [0.1, 0.15) is 11.9 Å². The van der Waals surface area contributed by atoms with Gasteiger partial charge in [-0.2, -0.15) is 0 Å². The van der Waals surface area contributed by atoms with Crippen molar-refractivity contribution in [2.45, 2.75) is 25.4 Å². The molecule has 0 spiro atoms. The van der Waals surface area contributed by atoms with Gasteiger partial charge in [-0.3, -0.25) is 4.79 Å². The minimum atomic E-state index is -0.234. The zero-order valence-electron chi connectivity index (χ0n) is 11.8. The summed E-state index contributed by atoms with van der Waals surface area (Å²) in [6.07, 6.45) is 2.94. The van der Waals surface area contributed by atoms with Crippen molar-refractivity contribution in [1.82, 2.24) is 4.90 Å². The molecular weight excluding hydrogens is 242 g/mol. The molecule has 0 radical (unpaired) electrons. The molecule has 0 aliphatic carbocycles. The molecule has 4 nitrogen and oxygen atoms in total. The molecule has 2 rings (SSSR count). The van der Waals surface area contributed by atoms with Crippen molar-refractivity contribution >= 4 is 6.29 Å². The summed E-state index contributed by atoms with van der Waals surface area (Å²) in [5.41, 5.74) is 0.366. The predicted molar refractivity (Wildman–Crippen MR) is 74.1 cm³/mol. The first-order valence-electron chi connectivity index (χ1n) is 6.57. The van der Waals surface area contributed by atoms with Crippen LogP contribution < -0.4 is 9.47 Å². The normalized spacial score (nSPS) is 23.9. The number of carbonyl (C=O) groups is 1. The fraction of sp³-hybridized carbons (Fsp3) is 0.533. The number of ether oxygens (including phenoxy) is 2. The molecule has 1 aliphatic heterocycles. The maximum absolute atomic E-state index is 10.9. The molecular formula is C15H21NO3. The van der Waals surface area contributed by atoms with E-state index in [1.54, 1.807) is 25.3 Å². The van der Waals surface area contributed by atoms with Gasteiger partial charge in [-0.15, -0.1) is 0 Å². The van der Waals surface area contributed by atoms with Gasteiger partial charge in [0.25, 0.3) is 0 Å². The Morgan fingerprint density at radius 2 is 2.16 bits per heavy atom. The molecule has 1 fully saturated rings. The van der Waals surface area contributed by atoms with Gasteiger partial charge in [0.05, 0.1) is 7.11 Å². The van der Waals surface area contributed by atoms with Crippen molar-refractivity contribution < 1.29 is 14.3 Å². The van der Waals surface area contributed by atoms with E-state index < -0.39 is 0 Å². The lowest BCUT2D eigenvalue weighted by Gasteiger charge is -2.39. The van der Waals surface area contributed by atoms with E-state index in [2.05, 4.69) is 18.9 Å². The van der Waals surface area contributed by atoms with Crippen LogP contribution in [0.25, 0.3) is 0 Å². The molecule has 1 aliphatic rings. The molecule has 1 atom stereocenters. The second-order valence-electron chi connectivity index (χ2n) is 5.42. The number of likely N-dealkylation sites (tertiary alicyclic amines) is 1. The fourth-order valence-electron chi connectivity index (χ4n) is 2.65. The molecule has 0 amide bonds. The molecule has 1 unspecified atom stereocenters. The molecule has 0 N–H and O–H groups in total. The van der Waals surface area contributed by atoms with Crippen LogP contribution in [-0.4, -0.2) is 44.0 Å². The number of aldehydes is 1. The first-order valence-corrected chi connectivity index (χ1v) is 6.57. The Morgan fingerprint density at radius 3 is 2.79 bits per heavy atom. The number of likely N-dealkylation sites (N-methyl/N-ethyl adjacent to an activating group) is 1. The number of nitrogens with zero attached hydrogens (tertiary/aromatic N) is 1. The van der Waals surface area contributed by atoms with Gasteiger partial charge in [-0.1, -0.05) is 0 Å². The van der Waals surface area contributed by atoms with Crippen molar-refractivity contribution in [3.05, 3.63) is 23.8 Å². The summed E-state index contributed by atoms with van der Waals surface area (Å²) in [5.74, 6) is 1.31. The van der Waals surface area contributed by atoms with Crippen LogP contribution in [0.3, 0.4) is 0 Å². The van der Waals surface area contributed by atoms with Crippen molar-refractivity contribution in [2.75, 3.05) is 27.2 Å². The average molecular weight is 263 g/mol. The summed E-state index contributed by atoms with van der Waals surface area (Å²) in [7, 11) is 3.71. The van der Waals surface area contributed by atoms with Crippen LogP contribution >= 0.6 is 0 Å². The first kappa shape index (κ1) is 13.9. The summed E-state index contributed by atoms with van der Waals surface area (Å²) in [4.78, 5) is 13.1. The number of methoxy groups -OCH3 is 1. The van der Waals surface area contributed by atoms with Crippen LogP contribution in [0, 0.1) is 0 Å². The molecule has 19 heavy (non-hydrogen) atoms. The van der Waals surface area contributed by atoms with E-state index in [-0.39, 0.29) is 5.60 Å². The lowest BCUT2D eigenvalue weighted by molar-refractivity contribution is 0.0136. The summed E-state index contributed by atoms with van der Waals surface area (Å²) in [6.45, 7) is 4.08. The highest BCUT2D eigenvalue weighted by molar-refractivity contribution is 5.76. The van der Waals surface area contributed by atoms with Gasteiger partial charge in [-0.05, 0) is 51.6 Å². The van der Waals surface area contributed by atoms with Gasteiger partial charge in [-0.25, -0.2) is 0 Å². The smallest absolute Gasteiger partial charge is 0.162 e. The molecule has 0 bridgehead atoms. The minimum Gasteiger partial charge on any atom is -0.493 e. The highest BCUT2D eigenvalue weighted by atomic mass is 16.5. The molecule has 1 heterocycles. The lowest BCUT2D eigenvalue weighted by atomic mass is 9.95. The minimum absolute atomic E-state index is 0.234. The van der Waals surface area contributed by atoms with E-state index in [4.69, 9.17) is 9.47 Å². The first-order chi connectivity index (χ1) is 9.06. The molecule has 1 aromatic rings. The van der Waals surface area contributed by atoms with Crippen LogP contribution in [0.4, 0.5) is 0 Å². The van der Waals surface area contributed by atoms with E-state index in [9.17, 15) is 4.79 Å². The number of piperidine rings is 1. The quantitative estimate of drug-likeness (QED) is 0.782. The summed E-state index contributed by atoms with van der Waals surface area (Å²) < 4.78 is 11.5. The van der Waals surface area contributed by atoms with Gasteiger partial charge in [0, 0.05) is 12.1 Å². The number of carbonyl (C=O) groups excluding carboxylic acids is 1. The van der Waals surface area contributed by atoms with E-state index in [1.165, 1.54) is 0 Å². The van der Waals surface area contributed by atoms with E-state index >= 15 is 0 Å². The third-order valence-electron chi connectivity index (χ3n) is 3.53. The number of hydrogen-bond acceptors (Lipinski definition) is 4. The van der Waals surface area contributed by atoms with Gasteiger partial charge < -0.3 is 14.4 Å². The number of benzene rings is 1. The van der Waals surface area contributed by atoms with Gasteiger partial charge in [0.2, 0.25) is 0 Å². The Kier molecular flexibility index (Phi) is 4.10. The summed E-state index contributed by atoms with van der Waals surface area (Å²) in [6, 6.07) is 5.24. The van der Waals surface area contributed by atoms with Crippen LogP contribution in [0.15, 0.2) is 18.2 Å². The molecule has 1 aromatic carbocycles. The van der Waals surface area contributed by atoms with Gasteiger partial charge in [0.15, 0.2) is 11.5 Å². The SMILES string of the molecule is COc1ccc(C=O)cc1OC1(C)CCCN(C)C1. The number of rotatable bonds is 4. The van der Waals surface area contributed by atoms with Crippen LogP contribution in [-0.2, 0) is 0 Å². The van der Waals surface area contributed by atoms with Crippen LogP contribution in [0.1, 0.15) is 30.1 Å². The molecule has 0 aromatic heterocycles. The van der Waals surface area contributed by atoms with Gasteiger partial charge >= 0.3 is 0 Å². The van der Waals surface area contributed by atoms with Crippen molar-refractivity contribution in [3.63, 3.8) is 0 Å². The number of hydrogen-bond donors (Lipinski definition) is 0. The predicted octanol–water partition coefficient (Wildman–Crippen LogP) is 2.37. The maximum Gasteiger partial charge on any atom is 0.162 e. The van der Waals surface area contributed by atoms with Crippen molar-refractivity contribution in [1.29, 1.82) is 0 Å². The van der Waals surface area contributed by atoms with E-state index in [1.807, 2.05) is 0 Å². The maximum atomic E-state index is 10.9. The van der Waals surface area contributed by atoms with E-state index in [0.29, 0.717) is 17.1 Å². The fourth-order valence-corrected chi connectivity index (χ4v) is 2.65. The lowest BCUT2D eigenvalue weighted by Crippen LogP contribution is -2.48. The van der Waals surface area contributed by atoms with Crippen LogP contribution in [0.2, 0.25) is 0 Å². The van der Waals surface area contributed by atoms with E-state index in [0.717, 1.165) is 32.2 Å². The highest BCUT2D eigenvalue weighted by Crippen LogP contribution is 2.33. The second-order valence-corrected chi connectivity index (χ2v) is 5.42. The Labute approximate surface area is 114 Å². The molecule has 104 valence electrons. The third kappa shape index (κ3) is 3.26. The Morgan fingerprint density at radius 1 is 1.37 bits per heavy atom. The average Bonchev–Trinajstić information content (AvgIpc) is 2.37. The molecule has 0 saturated carbocycles. The largest absolute Gasteiger partial charge is 0.493 e. The Bertz CT molecular complexity index is 461. The Hall–Kier alpha value is -1.55. The Balaban J connectivity index is 2.23. The standard InChI is InChI=1S/C15H21NO3/c1-15(7-4-8-16(2)11-15)19-14-9-12(10-17)5-6-13(14)18-3/h5-6,9-10H,4,7-8,11H2,1-3H3. The monoisotopic (exact) mass is 263 g/mol. The second kappa shape index (κ2) is 5.61. The highest BCUT2D eigenvalue weighted by Gasteiger charge is 2.32. The van der Waals surface area contributed by atoms with Crippen molar-refractivity contribution in [2.24, 2.45) is 0 Å².